The number of anilines is 1. The summed E-state index contributed by atoms with van der Waals surface area (Å²) in [5, 5.41) is 4.93. The molecule has 0 saturated carbocycles. The van der Waals surface area contributed by atoms with Crippen LogP contribution in [-0.4, -0.2) is 22.8 Å². The normalized spacial score (nSPS) is 12.0. The van der Waals surface area contributed by atoms with Crippen molar-refractivity contribution in [3.63, 3.8) is 0 Å². The van der Waals surface area contributed by atoms with E-state index in [2.05, 4.69) is 15.3 Å². The van der Waals surface area contributed by atoms with Gasteiger partial charge in [0.25, 0.3) is 0 Å². The molecule has 30 heavy (non-hydrogen) atoms. The molecular weight excluding hydrogens is 396 g/mol. The van der Waals surface area contributed by atoms with Gasteiger partial charge < -0.3 is 20.4 Å². The molecule has 1 aromatic heterocycles. The Morgan fingerprint density at radius 3 is 2.50 bits per heavy atom. The Morgan fingerprint density at radius 1 is 1.13 bits per heavy atom. The Bertz CT molecular complexity index is 1030. The van der Waals surface area contributed by atoms with Gasteiger partial charge in [-0.2, -0.15) is 0 Å². The van der Waals surface area contributed by atoms with E-state index in [-0.39, 0.29) is 0 Å². The maximum Gasteiger partial charge on any atom is 0.407 e. The highest BCUT2D eigenvalue weighted by Crippen LogP contribution is 2.22. The summed E-state index contributed by atoms with van der Waals surface area (Å²) in [4.78, 5) is 17.6. The fourth-order valence-corrected chi connectivity index (χ4v) is 3.83. The van der Waals surface area contributed by atoms with Gasteiger partial charge in [0.2, 0.25) is 0 Å². The number of hydrogen-bond donors (Lipinski definition) is 2. The predicted molar refractivity (Wildman–Crippen MR) is 123 cm³/mol. The quantitative estimate of drug-likeness (QED) is 0.434. The fraction of sp³-hybridized carbons (Fsp3) is 0.304. The average molecular weight is 425 g/mol. The number of nitrogen functional groups attached to an aromatic ring is 1. The Hall–Kier alpha value is -3.06. The van der Waals surface area contributed by atoms with E-state index in [1.54, 1.807) is 11.3 Å². The van der Waals surface area contributed by atoms with Gasteiger partial charge in [-0.3, -0.25) is 0 Å². The molecule has 0 radical (unpaired) electrons. The van der Waals surface area contributed by atoms with Gasteiger partial charge in [0.15, 0.2) is 4.80 Å². The number of nitrogens with one attached hydrogen (secondary N) is 1. The highest BCUT2D eigenvalue weighted by Gasteiger charge is 2.15. The van der Waals surface area contributed by atoms with Gasteiger partial charge in [-0.15, -0.1) is 11.3 Å². The number of carbonyl (C=O) groups excluding carboxylic acids is 1. The van der Waals surface area contributed by atoms with Crippen molar-refractivity contribution < 1.29 is 9.53 Å². The van der Waals surface area contributed by atoms with Gasteiger partial charge in [-0.05, 0) is 57.0 Å². The molecule has 0 aliphatic heterocycles. The van der Waals surface area contributed by atoms with Crippen molar-refractivity contribution in [2.24, 2.45) is 4.99 Å². The van der Waals surface area contributed by atoms with Crippen molar-refractivity contribution in [3.05, 3.63) is 64.8 Å². The molecule has 2 aromatic carbocycles. The zero-order valence-corrected chi connectivity index (χ0v) is 18.4. The molecule has 3 aromatic rings. The van der Waals surface area contributed by atoms with Crippen LogP contribution in [0, 0.1) is 0 Å². The second kappa shape index (κ2) is 9.63. The topological polar surface area (TPSA) is 81.6 Å². The van der Waals surface area contributed by atoms with Crippen LogP contribution in [0.2, 0.25) is 0 Å². The number of hydrogen-bond acceptors (Lipinski definition) is 5. The number of nitrogens with two attached hydrogens (primary N) is 1. The van der Waals surface area contributed by atoms with Gasteiger partial charge in [-0.25, -0.2) is 9.79 Å². The molecule has 6 nitrogen and oxygen atoms in total. The zero-order chi connectivity index (χ0) is 21.6. The number of alkyl carbamates (subject to hydrolysis) is 1. The number of nitrogens with zero attached hydrogens (tertiary/aromatic N) is 2. The minimum atomic E-state index is -0.504. The Kier molecular flexibility index (Phi) is 6.95. The smallest absolute Gasteiger partial charge is 0.407 e. The van der Waals surface area contributed by atoms with Crippen molar-refractivity contribution >= 4 is 28.8 Å². The third-order valence-corrected chi connectivity index (χ3v) is 5.08. The molecule has 0 spiro atoms. The molecular formula is C23H28N4O2S. The van der Waals surface area contributed by atoms with Gasteiger partial charge in [0.1, 0.15) is 5.60 Å². The van der Waals surface area contributed by atoms with Crippen molar-refractivity contribution in [1.82, 2.24) is 9.88 Å². The number of thiazole rings is 1. The molecule has 0 bridgehead atoms. The summed E-state index contributed by atoms with van der Waals surface area (Å²) in [7, 11) is 0. The van der Waals surface area contributed by atoms with Crippen LogP contribution in [-0.2, 0) is 11.3 Å². The summed E-state index contributed by atoms with van der Waals surface area (Å²) in [6.45, 7) is 6.78. The zero-order valence-electron chi connectivity index (χ0n) is 17.6. The second-order valence-electron chi connectivity index (χ2n) is 7.91. The average Bonchev–Trinajstić information content (AvgIpc) is 3.08. The van der Waals surface area contributed by atoms with E-state index in [1.165, 1.54) is 0 Å². The number of ether oxygens (including phenoxy) is 1. The van der Waals surface area contributed by atoms with E-state index in [9.17, 15) is 4.79 Å². The van der Waals surface area contributed by atoms with Crippen molar-refractivity contribution in [1.29, 1.82) is 0 Å². The monoisotopic (exact) mass is 424 g/mol. The van der Waals surface area contributed by atoms with E-state index in [1.807, 2.05) is 75.4 Å². The van der Waals surface area contributed by atoms with Crippen LogP contribution in [0.1, 0.15) is 27.2 Å². The molecule has 0 unspecified atom stereocenters. The minimum absolute atomic E-state index is 0.397. The van der Waals surface area contributed by atoms with Crippen LogP contribution in [0.5, 0.6) is 0 Å². The third-order valence-electron chi connectivity index (χ3n) is 4.21. The molecule has 0 aliphatic carbocycles. The van der Waals surface area contributed by atoms with E-state index < -0.39 is 11.7 Å². The number of carbonyl (C=O) groups is 1. The molecule has 1 heterocycles. The summed E-state index contributed by atoms with van der Waals surface area (Å²) in [6, 6.07) is 17.7. The van der Waals surface area contributed by atoms with Gasteiger partial charge in [0, 0.05) is 24.2 Å². The summed E-state index contributed by atoms with van der Waals surface area (Å²) in [5.74, 6) is 0. The molecule has 0 aliphatic rings. The van der Waals surface area contributed by atoms with Crippen LogP contribution in [0.4, 0.5) is 16.2 Å². The maximum absolute atomic E-state index is 11.9. The number of aromatic nitrogens is 1. The van der Waals surface area contributed by atoms with E-state index in [0.717, 1.165) is 33.9 Å². The Morgan fingerprint density at radius 2 is 1.83 bits per heavy atom. The van der Waals surface area contributed by atoms with Gasteiger partial charge in [-0.1, -0.05) is 30.3 Å². The first kappa shape index (κ1) is 21.6. The van der Waals surface area contributed by atoms with Crippen molar-refractivity contribution in [2.45, 2.75) is 39.3 Å². The summed E-state index contributed by atoms with van der Waals surface area (Å²) < 4.78 is 7.48. The molecule has 3 N–H and O–H groups in total. The van der Waals surface area contributed by atoms with Crippen LogP contribution in [0.15, 0.2) is 65.0 Å². The van der Waals surface area contributed by atoms with Crippen LogP contribution >= 0.6 is 11.3 Å². The first-order valence-corrected chi connectivity index (χ1v) is 10.8. The van der Waals surface area contributed by atoms with Crippen LogP contribution < -0.4 is 15.9 Å². The van der Waals surface area contributed by atoms with Gasteiger partial charge >= 0.3 is 6.09 Å². The number of rotatable bonds is 6. The highest BCUT2D eigenvalue weighted by atomic mass is 32.1. The fourth-order valence-electron chi connectivity index (χ4n) is 2.87. The lowest BCUT2D eigenvalue weighted by molar-refractivity contribution is 0.0526. The van der Waals surface area contributed by atoms with E-state index >= 15 is 0 Å². The lowest BCUT2D eigenvalue weighted by atomic mass is 10.1. The summed E-state index contributed by atoms with van der Waals surface area (Å²) >= 11 is 1.60. The molecule has 0 saturated heterocycles. The Balaban J connectivity index is 1.79. The SMILES string of the molecule is CC(C)(C)OC(=O)NCCCn1c(-c2ccc(N)cc2)cs/c1=N/c1ccccc1. The van der Waals surface area contributed by atoms with Gasteiger partial charge in [0.05, 0.1) is 11.4 Å². The number of para-hydroxylation sites is 1. The lowest BCUT2D eigenvalue weighted by Gasteiger charge is -2.19. The van der Waals surface area contributed by atoms with E-state index in [0.29, 0.717) is 13.1 Å². The van der Waals surface area contributed by atoms with E-state index in [4.69, 9.17) is 15.5 Å². The summed E-state index contributed by atoms with van der Waals surface area (Å²) in [5.41, 5.74) is 9.14. The maximum atomic E-state index is 11.9. The third kappa shape index (κ3) is 6.22. The van der Waals surface area contributed by atoms with Crippen molar-refractivity contribution in [3.8, 4) is 11.3 Å². The Labute approximate surface area is 181 Å². The second-order valence-corrected chi connectivity index (χ2v) is 8.74. The largest absolute Gasteiger partial charge is 0.444 e. The standard InChI is InChI=1S/C23H28N4O2S/c1-23(2,3)29-22(28)25-14-7-15-27-20(17-10-12-18(24)13-11-17)16-30-21(27)26-19-8-5-4-6-9-19/h4-6,8-13,16H,7,14-15,24H2,1-3H3,(H,25,28)/b26-21+. The number of benzene rings is 2. The molecule has 0 atom stereocenters. The lowest BCUT2D eigenvalue weighted by Crippen LogP contribution is -2.33. The molecule has 7 heteroatoms. The summed E-state index contributed by atoms with van der Waals surface area (Å²) in [6.07, 6.45) is 0.352. The van der Waals surface area contributed by atoms with Crippen molar-refractivity contribution in [2.75, 3.05) is 12.3 Å². The van der Waals surface area contributed by atoms with Crippen LogP contribution in [0.3, 0.4) is 0 Å². The van der Waals surface area contributed by atoms with Crippen LogP contribution in [0.25, 0.3) is 11.3 Å². The molecule has 0 fully saturated rings. The molecule has 3 rings (SSSR count). The number of amides is 1. The molecule has 158 valence electrons. The predicted octanol–water partition coefficient (Wildman–Crippen LogP) is 4.95. The molecule has 1 amide bonds. The first-order chi connectivity index (χ1) is 14.3. The minimum Gasteiger partial charge on any atom is -0.444 e. The highest BCUT2D eigenvalue weighted by molar-refractivity contribution is 7.07. The first-order valence-electron chi connectivity index (χ1n) is 9.93.